The van der Waals surface area contributed by atoms with Gasteiger partial charge in [-0.15, -0.1) is 0 Å². The summed E-state index contributed by atoms with van der Waals surface area (Å²) < 4.78 is 34.6. The number of carbonyl (C=O) groups is 1. The maximum Gasteiger partial charge on any atom is 0.415 e. The van der Waals surface area contributed by atoms with E-state index in [0.29, 0.717) is 29.9 Å². The van der Waals surface area contributed by atoms with Crippen LogP contribution in [0.2, 0.25) is 0 Å². The zero-order valence-electron chi connectivity index (χ0n) is 16.1. The van der Waals surface area contributed by atoms with E-state index in [1.165, 1.54) is 17.0 Å². The van der Waals surface area contributed by atoms with Crippen LogP contribution >= 0.6 is 0 Å². The quantitative estimate of drug-likeness (QED) is 0.855. The first-order chi connectivity index (χ1) is 12.7. The zero-order chi connectivity index (χ0) is 19.8. The number of aromatic nitrogens is 1. The number of hydrogen-bond donors (Lipinski definition) is 1. The second-order valence-corrected chi connectivity index (χ2v) is 7.84. The molecule has 2 aromatic rings. The van der Waals surface area contributed by atoms with Gasteiger partial charge in [0, 0.05) is 17.6 Å². The third-order valence-electron chi connectivity index (χ3n) is 4.48. The number of pyridine rings is 1. The number of amides is 1. The topological polar surface area (TPSA) is 54.5 Å². The highest BCUT2D eigenvalue weighted by molar-refractivity contribution is 6.00. The van der Waals surface area contributed by atoms with Crippen molar-refractivity contribution in [3.05, 3.63) is 35.8 Å². The fourth-order valence-electron chi connectivity index (χ4n) is 3.28. The minimum Gasteiger partial charge on any atom is -0.443 e. The molecule has 3 rings (SSSR count). The summed E-state index contributed by atoms with van der Waals surface area (Å²) in [4.78, 5) is 18.8. The average molecular weight is 377 g/mol. The van der Waals surface area contributed by atoms with E-state index >= 15 is 0 Å². The molecule has 1 aliphatic rings. The maximum atomic E-state index is 14.7. The number of alkyl halides is 1. The summed E-state index contributed by atoms with van der Waals surface area (Å²) in [5.74, 6) is -0.438. The van der Waals surface area contributed by atoms with E-state index in [9.17, 15) is 13.6 Å². The Bertz CT molecular complexity index is 851. The standard InChI is InChI=1S/C20H25F2N3O2/c1-12-5-6-13-14(21)7-8-17(18(13)24-12)25(19(26)27-20(2,3)4)16-9-10-23-11-15(16)22/h5-8,15-16,23H,9-11H2,1-4H3/t15-,16-/m0/s1. The van der Waals surface area contributed by atoms with Crippen LogP contribution in [0.15, 0.2) is 24.3 Å². The lowest BCUT2D eigenvalue weighted by Gasteiger charge is -2.37. The number of fused-ring (bicyclic) bond motifs is 1. The smallest absolute Gasteiger partial charge is 0.415 e. The molecule has 27 heavy (non-hydrogen) atoms. The van der Waals surface area contributed by atoms with Crippen LogP contribution in [-0.2, 0) is 4.74 Å². The van der Waals surface area contributed by atoms with E-state index in [1.807, 2.05) is 0 Å². The predicted octanol–water partition coefficient (Wildman–Crippen LogP) is 4.12. The van der Waals surface area contributed by atoms with Crippen LogP contribution in [0, 0.1) is 12.7 Å². The predicted molar refractivity (Wildman–Crippen MR) is 101 cm³/mol. The van der Waals surface area contributed by atoms with Gasteiger partial charge in [-0.25, -0.2) is 13.6 Å². The van der Waals surface area contributed by atoms with Crippen LogP contribution in [0.4, 0.5) is 19.3 Å². The third-order valence-corrected chi connectivity index (χ3v) is 4.48. The van der Waals surface area contributed by atoms with Crippen molar-refractivity contribution in [2.75, 3.05) is 18.0 Å². The monoisotopic (exact) mass is 377 g/mol. The summed E-state index contributed by atoms with van der Waals surface area (Å²) in [5, 5.41) is 3.27. The highest BCUT2D eigenvalue weighted by Gasteiger charge is 2.37. The Morgan fingerprint density at radius 1 is 1.30 bits per heavy atom. The van der Waals surface area contributed by atoms with Gasteiger partial charge in [0.1, 0.15) is 17.6 Å². The van der Waals surface area contributed by atoms with E-state index in [2.05, 4.69) is 10.3 Å². The normalized spacial score (nSPS) is 20.5. The second-order valence-electron chi connectivity index (χ2n) is 7.84. The molecule has 2 atom stereocenters. The number of piperidine rings is 1. The Balaban J connectivity index is 2.15. The number of rotatable bonds is 2. The molecule has 1 N–H and O–H groups in total. The van der Waals surface area contributed by atoms with Crippen LogP contribution in [0.1, 0.15) is 32.9 Å². The summed E-state index contributed by atoms with van der Waals surface area (Å²) in [6.45, 7) is 7.77. The average Bonchev–Trinajstić information content (AvgIpc) is 2.57. The fraction of sp³-hybridized carbons (Fsp3) is 0.500. The summed E-state index contributed by atoms with van der Waals surface area (Å²) in [6, 6.07) is 5.37. The molecular formula is C20H25F2N3O2. The van der Waals surface area contributed by atoms with Crippen LogP contribution in [-0.4, -0.2) is 42.0 Å². The summed E-state index contributed by atoms with van der Waals surface area (Å²) in [7, 11) is 0. The lowest BCUT2D eigenvalue weighted by Crippen LogP contribution is -2.54. The highest BCUT2D eigenvalue weighted by Crippen LogP contribution is 2.32. The van der Waals surface area contributed by atoms with Gasteiger partial charge in [0.15, 0.2) is 0 Å². The van der Waals surface area contributed by atoms with Crippen molar-refractivity contribution in [1.82, 2.24) is 10.3 Å². The van der Waals surface area contributed by atoms with Gasteiger partial charge < -0.3 is 10.1 Å². The van der Waals surface area contributed by atoms with Crippen molar-refractivity contribution in [3.8, 4) is 0 Å². The molecule has 1 saturated heterocycles. The lowest BCUT2D eigenvalue weighted by molar-refractivity contribution is 0.0535. The first-order valence-corrected chi connectivity index (χ1v) is 9.10. The Hall–Kier alpha value is -2.28. The molecule has 0 radical (unpaired) electrons. The van der Waals surface area contributed by atoms with Crippen molar-refractivity contribution in [2.24, 2.45) is 0 Å². The van der Waals surface area contributed by atoms with Gasteiger partial charge in [-0.3, -0.25) is 9.88 Å². The molecule has 1 aromatic carbocycles. The van der Waals surface area contributed by atoms with Gasteiger partial charge in [0.05, 0.1) is 17.2 Å². The Morgan fingerprint density at radius 3 is 2.70 bits per heavy atom. The summed E-state index contributed by atoms with van der Waals surface area (Å²) in [6.07, 6.45) is -1.50. The Morgan fingerprint density at radius 2 is 2.04 bits per heavy atom. The van der Waals surface area contributed by atoms with E-state index in [4.69, 9.17) is 4.74 Å². The molecule has 0 unspecified atom stereocenters. The molecule has 146 valence electrons. The van der Waals surface area contributed by atoms with Crippen molar-refractivity contribution >= 4 is 22.7 Å². The Labute approximate surface area is 157 Å². The minimum atomic E-state index is -1.27. The number of benzene rings is 1. The van der Waals surface area contributed by atoms with Gasteiger partial charge in [-0.05, 0) is 64.9 Å². The van der Waals surface area contributed by atoms with Crippen molar-refractivity contribution in [3.63, 3.8) is 0 Å². The molecule has 0 saturated carbocycles. The van der Waals surface area contributed by atoms with Crippen LogP contribution < -0.4 is 10.2 Å². The number of halogens is 2. The minimum absolute atomic E-state index is 0.148. The summed E-state index contributed by atoms with van der Waals surface area (Å²) in [5.41, 5.74) is 0.624. The maximum absolute atomic E-state index is 14.7. The van der Waals surface area contributed by atoms with Crippen LogP contribution in [0.5, 0.6) is 0 Å². The number of aryl methyl sites for hydroxylation is 1. The molecule has 1 aromatic heterocycles. The number of anilines is 1. The Kier molecular flexibility index (Phi) is 5.33. The highest BCUT2D eigenvalue weighted by atomic mass is 19.1. The molecule has 2 heterocycles. The van der Waals surface area contributed by atoms with Gasteiger partial charge in [-0.2, -0.15) is 0 Å². The van der Waals surface area contributed by atoms with E-state index in [0.717, 1.165) is 0 Å². The molecule has 1 amide bonds. The fourth-order valence-corrected chi connectivity index (χ4v) is 3.28. The molecule has 0 spiro atoms. The van der Waals surface area contributed by atoms with Gasteiger partial charge in [0.2, 0.25) is 0 Å². The van der Waals surface area contributed by atoms with Crippen molar-refractivity contribution in [2.45, 2.75) is 51.9 Å². The largest absolute Gasteiger partial charge is 0.443 e. The molecule has 7 heteroatoms. The first kappa shape index (κ1) is 19.5. The van der Waals surface area contributed by atoms with E-state index < -0.39 is 29.7 Å². The molecule has 1 aliphatic heterocycles. The van der Waals surface area contributed by atoms with Gasteiger partial charge in [-0.1, -0.05) is 0 Å². The third kappa shape index (κ3) is 4.18. The molecule has 0 bridgehead atoms. The number of ether oxygens (including phenoxy) is 1. The van der Waals surface area contributed by atoms with E-state index in [-0.39, 0.29) is 11.9 Å². The lowest BCUT2D eigenvalue weighted by atomic mass is 10.0. The van der Waals surface area contributed by atoms with Crippen molar-refractivity contribution < 1.29 is 18.3 Å². The molecular weight excluding hydrogens is 352 g/mol. The number of hydrogen-bond acceptors (Lipinski definition) is 4. The van der Waals surface area contributed by atoms with Crippen LogP contribution in [0.3, 0.4) is 0 Å². The first-order valence-electron chi connectivity index (χ1n) is 9.10. The number of carbonyl (C=O) groups excluding carboxylic acids is 1. The summed E-state index contributed by atoms with van der Waals surface area (Å²) >= 11 is 0. The molecule has 5 nitrogen and oxygen atoms in total. The number of nitrogens with zero attached hydrogens (tertiary/aromatic N) is 2. The molecule has 1 fully saturated rings. The van der Waals surface area contributed by atoms with Gasteiger partial charge >= 0.3 is 6.09 Å². The van der Waals surface area contributed by atoms with Gasteiger partial charge in [0.25, 0.3) is 0 Å². The molecule has 0 aliphatic carbocycles. The SMILES string of the molecule is Cc1ccc2c(F)ccc(N(C(=O)OC(C)(C)C)[C@H]3CCNC[C@@H]3F)c2n1. The zero-order valence-corrected chi connectivity index (χ0v) is 16.1. The second kappa shape index (κ2) is 7.38. The van der Waals surface area contributed by atoms with E-state index in [1.54, 1.807) is 39.8 Å². The van der Waals surface area contributed by atoms with Crippen molar-refractivity contribution in [1.29, 1.82) is 0 Å². The number of nitrogens with one attached hydrogen (secondary N) is 1. The van der Waals surface area contributed by atoms with Crippen LogP contribution in [0.25, 0.3) is 10.9 Å².